The van der Waals surface area contributed by atoms with Crippen LogP contribution >= 0.6 is 7.82 Å². The number of aliphatic hydroxyl groups is 5. The Morgan fingerprint density at radius 3 is 1.26 bits per heavy atom. The predicted octanol–water partition coefficient (Wildman–Crippen LogP) is 9.62. The van der Waals surface area contributed by atoms with Crippen molar-refractivity contribution in [3.8, 4) is 0 Å². The molecule has 358 valence electrons. The van der Waals surface area contributed by atoms with E-state index >= 15 is 0 Å². The van der Waals surface area contributed by atoms with Crippen molar-refractivity contribution in [1.82, 2.24) is 0 Å². The minimum atomic E-state index is -5.12. The minimum Gasteiger partial charge on any atom is -0.462 e. The SMILES string of the molecule is CCCCCC/C=C/CCCCCCCCCC(=O)OC[C@H](COP(=O)(O)OC1C(O)C(O)C(O)[C@H](O)C1O)OC(=O)CCCCCCCCC/C=C/CCCCCCCC. The molecule has 6 unspecified atom stereocenters. The van der Waals surface area contributed by atoms with Gasteiger partial charge in [-0.15, -0.1) is 0 Å². The molecule has 1 saturated carbocycles. The Balaban J connectivity index is 2.44. The van der Waals surface area contributed by atoms with E-state index in [0.29, 0.717) is 12.8 Å². The van der Waals surface area contributed by atoms with Crippen LogP contribution in [0.1, 0.15) is 206 Å². The van der Waals surface area contributed by atoms with Crippen LogP contribution in [0.5, 0.6) is 0 Å². The number of phosphoric ester groups is 1. The smallest absolute Gasteiger partial charge is 0.462 e. The molecular formula is C47H87O13P. The topological polar surface area (TPSA) is 210 Å². The van der Waals surface area contributed by atoms with Crippen LogP contribution in [0.4, 0.5) is 0 Å². The standard InChI is InChI=1S/C47H87O13P/c1-3-5-7-9-11-13-15-17-19-20-22-24-26-28-30-32-34-36-41(49)59-39(38-58-61(55,56)60-47-45(53)43(51)42(50)44(52)46(47)54)37-57-40(48)35-33-31-29-27-25-23-21-18-16-14-12-10-8-6-4-2/h14,16-17,19,39,42-47,50-54H,3-13,15,18,20-38H2,1-2H3,(H,55,56)/b16-14+,19-17+/t39-,42?,43+,44?,45?,46?,47?/m1/s1. The maximum absolute atomic E-state index is 12.8. The molecule has 61 heavy (non-hydrogen) atoms. The van der Waals surface area contributed by atoms with E-state index in [9.17, 15) is 44.6 Å². The molecule has 1 rings (SSSR count). The summed E-state index contributed by atoms with van der Waals surface area (Å²) in [6, 6.07) is 0. The Labute approximate surface area is 368 Å². The zero-order chi connectivity index (χ0) is 45.0. The Morgan fingerprint density at radius 1 is 0.492 bits per heavy atom. The zero-order valence-electron chi connectivity index (χ0n) is 38.0. The van der Waals surface area contributed by atoms with Gasteiger partial charge in [0.25, 0.3) is 0 Å². The molecule has 0 heterocycles. The number of allylic oxidation sites excluding steroid dienone is 4. The zero-order valence-corrected chi connectivity index (χ0v) is 38.9. The highest BCUT2D eigenvalue weighted by molar-refractivity contribution is 7.47. The first kappa shape index (κ1) is 57.3. The van der Waals surface area contributed by atoms with Gasteiger partial charge in [0.2, 0.25) is 0 Å². The van der Waals surface area contributed by atoms with Gasteiger partial charge in [0.05, 0.1) is 6.61 Å². The molecule has 8 atom stereocenters. The molecule has 0 aromatic heterocycles. The monoisotopic (exact) mass is 891 g/mol. The molecule has 6 N–H and O–H groups in total. The van der Waals surface area contributed by atoms with Crippen LogP contribution in [0.3, 0.4) is 0 Å². The second kappa shape index (κ2) is 37.7. The van der Waals surface area contributed by atoms with Crippen molar-refractivity contribution in [2.75, 3.05) is 13.2 Å². The van der Waals surface area contributed by atoms with Crippen LogP contribution in [0.25, 0.3) is 0 Å². The summed E-state index contributed by atoms with van der Waals surface area (Å²) in [4.78, 5) is 35.7. The van der Waals surface area contributed by atoms with Crippen molar-refractivity contribution in [2.24, 2.45) is 0 Å². The number of hydrogen-bond acceptors (Lipinski definition) is 12. The van der Waals surface area contributed by atoms with Crippen LogP contribution < -0.4 is 0 Å². The number of rotatable bonds is 40. The summed E-state index contributed by atoms with van der Waals surface area (Å²) in [7, 11) is -5.12. The molecule has 0 spiro atoms. The largest absolute Gasteiger partial charge is 0.472 e. The number of carbonyl (C=O) groups excluding carboxylic acids is 2. The Bertz CT molecular complexity index is 1170. The first-order chi connectivity index (χ1) is 29.4. The van der Waals surface area contributed by atoms with E-state index in [1.165, 1.54) is 103 Å². The van der Waals surface area contributed by atoms with Gasteiger partial charge in [0.15, 0.2) is 6.10 Å². The lowest BCUT2D eigenvalue weighted by Crippen LogP contribution is -2.64. The van der Waals surface area contributed by atoms with E-state index in [-0.39, 0.29) is 12.8 Å². The summed E-state index contributed by atoms with van der Waals surface area (Å²) in [6.45, 7) is 3.29. The highest BCUT2D eigenvalue weighted by Crippen LogP contribution is 2.47. The van der Waals surface area contributed by atoms with Crippen LogP contribution in [-0.2, 0) is 32.7 Å². The number of hydrogen-bond donors (Lipinski definition) is 6. The fourth-order valence-corrected chi connectivity index (χ4v) is 8.31. The van der Waals surface area contributed by atoms with Crippen molar-refractivity contribution in [3.63, 3.8) is 0 Å². The molecule has 1 aliphatic carbocycles. The predicted molar refractivity (Wildman–Crippen MR) is 240 cm³/mol. The Kier molecular flexibility index (Phi) is 35.4. The fraction of sp³-hybridized carbons (Fsp3) is 0.872. The Morgan fingerprint density at radius 2 is 0.836 bits per heavy atom. The lowest BCUT2D eigenvalue weighted by molar-refractivity contribution is -0.220. The fourth-order valence-electron chi connectivity index (χ4n) is 7.34. The molecule has 14 heteroatoms. The van der Waals surface area contributed by atoms with Crippen molar-refractivity contribution in [1.29, 1.82) is 0 Å². The third kappa shape index (κ3) is 30.2. The van der Waals surface area contributed by atoms with Gasteiger partial charge < -0.3 is 39.9 Å². The van der Waals surface area contributed by atoms with Gasteiger partial charge in [0.1, 0.15) is 43.2 Å². The molecule has 0 aromatic carbocycles. The van der Waals surface area contributed by atoms with Gasteiger partial charge in [0, 0.05) is 12.8 Å². The van der Waals surface area contributed by atoms with E-state index in [2.05, 4.69) is 38.2 Å². The molecule has 1 aliphatic rings. The third-order valence-corrected chi connectivity index (χ3v) is 12.3. The van der Waals surface area contributed by atoms with Gasteiger partial charge >= 0.3 is 19.8 Å². The minimum absolute atomic E-state index is 0.0928. The van der Waals surface area contributed by atoms with Crippen molar-refractivity contribution in [2.45, 2.75) is 249 Å². The highest BCUT2D eigenvalue weighted by Gasteiger charge is 2.51. The van der Waals surface area contributed by atoms with E-state index in [1.807, 2.05) is 0 Å². The maximum Gasteiger partial charge on any atom is 0.472 e. The lowest BCUT2D eigenvalue weighted by Gasteiger charge is -2.41. The van der Waals surface area contributed by atoms with Crippen LogP contribution in [0.15, 0.2) is 24.3 Å². The summed E-state index contributed by atoms with van der Waals surface area (Å²) in [5, 5.41) is 50.2. The molecule has 0 radical (unpaired) electrons. The van der Waals surface area contributed by atoms with Crippen molar-refractivity contribution in [3.05, 3.63) is 24.3 Å². The molecule has 0 saturated heterocycles. The van der Waals surface area contributed by atoms with Crippen molar-refractivity contribution >= 4 is 19.8 Å². The number of aliphatic hydroxyl groups excluding tert-OH is 5. The number of esters is 2. The molecule has 0 aromatic rings. The second-order valence-electron chi connectivity index (χ2n) is 17.0. The van der Waals surface area contributed by atoms with Crippen LogP contribution in [0, 0.1) is 0 Å². The average Bonchev–Trinajstić information content (AvgIpc) is 3.24. The summed E-state index contributed by atoms with van der Waals surface area (Å²) in [5.41, 5.74) is 0. The first-order valence-corrected chi connectivity index (χ1v) is 25.6. The maximum atomic E-state index is 12.8. The van der Waals surface area contributed by atoms with Gasteiger partial charge in [-0.05, 0) is 64.2 Å². The molecule has 0 aliphatic heterocycles. The number of phosphoric acid groups is 1. The molecule has 0 amide bonds. The van der Waals surface area contributed by atoms with Crippen LogP contribution in [-0.4, -0.2) is 98.3 Å². The number of unbranched alkanes of at least 4 members (excludes halogenated alkanes) is 24. The molecule has 0 bridgehead atoms. The van der Waals surface area contributed by atoms with E-state index in [1.54, 1.807) is 0 Å². The summed E-state index contributed by atoms with van der Waals surface area (Å²) >= 11 is 0. The summed E-state index contributed by atoms with van der Waals surface area (Å²) in [6.07, 6.45) is 27.9. The second-order valence-corrected chi connectivity index (χ2v) is 18.4. The quantitative estimate of drug-likeness (QED) is 0.0147. The van der Waals surface area contributed by atoms with Crippen LogP contribution in [0.2, 0.25) is 0 Å². The van der Waals surface area contributed by atoms with Gasteiger partial charge in [-0.2, -0.15) is 0 Å². The third-order valence-electron chi connectivity index (χ3n) is 11.3. The normalized spacial score (nSPS) is 22.2. The summed E-state index contributed by atoms with van der Waals surface area (Å²) < 4.78 is 33.6. The van der Waals surface area contributed by atoms with E-state index in [0.717, 1.165) is 64.2 Å². The molecule has 1 fully saturated rings. The van der Waals surface area contributed by atoms with Gasteiger partial charge in [-0.3, -0.25) is 18.6 Å². The van der Waals surface area contributed by atoms with E-state index < -0.39 is 75.7 Å². The number of ether oxygens (including phenoxy) is 2. The summed E-state index contributed by atoms with van der Waals surface area (Å²) in [5.74, 6) is -1.10. The molecular weight excluding hydrogens is 803 g/mol. The molecule has 13 nitrogen and oxygen atoms in total. The Hall–Kier alpha value is -1.67. The van der Waals surface area contributed by atoms with E-state index in [4.69, 9.17) is 18.5 Å². The number of carbonyl (C=O) groups is 2. The average molecular weight is 891 g/mol. The first-order valence-electron chi connectivity index (χ1n) is 24.1. The van der Waals surface area contributed by atoms with Crippen molar-refractivity contribution < 1.29 is 63.1 Å². The highest BCUT2D eigenvalue weighted by atomic mass is 31.2. The lowest BCUT2D eigenvalue weighted by atomic mass is 9.85. The van der Waals surface area contributed by atoms with Gasteiger partial charge in [-0.1, -0.05) is 154 Å². The van der Waals surface area contributed by atoms with Gasteiger partial charge in [-0.25, -0.2) is 4.57 Å².